The number of rotatable bonds is 2. The van der Waals surface area contributed by atoms with Crippen LogP contribution in [0.5, 0.6) is 0 Å². The molecule has 0 amide bonds. The largest absolute Gasteiger partial charge is 0.315 e. The molecule has 2 heterocycles. The maximum absolute atomic E-state index is 12.3. The maximum atomic E-state index is 12.3. The third-order valence-corrected chi connectivity index (χ3v) is 6.90. The molecule has 2 saturated heterocycles. The lowest BCUT2D eigenvalue weighted by atomic mass is 10.4. The fourth-order valence-electron chi connectivity index (χ4n) is 2.14. The predicted molar refractivity (Wildman–Crippen MR) is 68.2 cm³/mol. The summed E-state index contributed by atoms with van der Waals surface area (Å²) in [6.07, 6.45) is 0.783. The van der Waals surface area contributed by atoms with Crippen LogP contribution in [0.4, 0.5) is 0 Å². The zero-order valence-corrected chi connectivity index (χ0v) is 11.8. The summed E-state index contributed by atoms with van der Waals surface area (Å²) in [6.45, 7) is 2.57. The molecule has 0 radical (unpaired) electrons. The van der Waals surface area contributed by atoms with Gasteiger partial charge in [-0.3, -0.25) is 0 Å². The molecule has 2 aliphatic heterocycles. The highest BCUT2D eigenvalue weighted by Gasteiger charge is 2.34. The third-order valence-electron chi connectivity index (χ3n) is 3.26. The molecule has 18 heavy (non-hydrogen) atoms. The van der Waals surface area contributed by atoms with E-state index in [9.17, 15) is 16.8 Å². The van der Waals surface area contributed by atoms with Gasteiger partial charge >= 0.3 is 0 Å². The van der Waals surface area contributed by atoms with Crippen molar-refractivity contribution in [3.05, 3.63) is 0 Å². The van der Waals surface area contributed by atoms with Gasteiger partial charge in [0.1, 0.15) is 0 Å². The van der Waals surface area contributed by atoms with E-state index in [1.54, 1.807) is 0 Å². The Balaban J connectivity index is 2.06. The molecule has 106 valence electrons. The lowest BCUT2D eigenvalue weighted by Gasteiger charge is -2.31. The second-order valence-electron chi connectivity index (χ2n) is 4.56. The van der Waals surface area contributed by atoms with Gasteiger partial charge in [0.15, 0.2) is 9.84 Å². The number of sulfone groups is 1. The van der Waals surface area contributed by atoms with Crippen LogP contribution < -0.4 is 5.32 Å². The Kier molecular flexibility index (Phi) is 4.27. The Morgan fingerprint density at radius 1 is 0.889 bits per heavy atom. The molecule has 0 bridgehead atoms. The van der Waals surface area contributed by atoms with Crippen LogP contribution in [0.1, 0.15) is 6.42 Å². The minimum absolute atomic E-state index is 0.0711. The maximum Gasteiger partial charge on any atom is 0.282 e. The van der Waals surface area contributed by atoms with Gasteiger partial charge in [0.05, 0.1) is 11.5 Å². The van der Waals surface area contributed by atoms with Gasteiger partial charge in [-0.1, -0.05) is 0 Å². The average Bonchev–Trinajstić information content (AvgIpc) is 2.57. The van der Waals surface area contributed by atoms with Gasteiger partial charge in [0, 0.05) is 32.7 Å². The van der Waals surface area contributed by atoms with Crippen molar-refractivity contribution in [2.75, 3.05) is 50.8 Å². The second-order valence-corrected chi connectivity index (χ2v) is 8.79. The first-order valence-corrected chi connectivity index (χ1v) is 9.30. The SMILES string of the molecule is O=S1(=O)CCN(S(=O)(=O)N2CCCNCC2)CC1. The van der Waals surface area contributed by atoms with Gasteiger partial charge in [0.25, 0.3) is 10.2 Å². The van der Waals surface area contributed by atoms with E-state index in [0.717, 1.165) is 13.0 Å². The fraction of sp³-hybridized carbons (Fsp3) is 1.00. The minimum atomic E-state index is -3.50. The van der Waals surface area contributed by atoms with Crippen molar-refractivity contribution in [3.63, 3.8) is 0 Å². The molecule has 0 aromatic rings. The Morgan fingerprint density at radius 2 is 1.50 bits per heavy atom. The molecular weight excluding hydrogens is 278 g/mol. The molecule has 2 fully saturated rings. The van der Waals surface area contributed by atoms with E-state index in [1.165, 1.54) is 8.61 Å². The monoisotopic (exact) mass is 297 g/mol. The molecule has 0 spiro atoms. The molecule has 0 unspecified atom stereocenters. The summed E-state index contributed by atoms with van der Waals surface area (Å²) >= 11 is 0. The van der Waals surface area contributed by atoms with Crippen molar-refractivity contribution in [1.29, 1.82) is 0 Å². The van der Waals surface area contributed by atoms with Crippen molar-refractivity contribution >= 4 is 20.0 Å². The van der Waals surface area contributed by atoms with Crippen molar-refractivity contribution in [1.82, 2.24) is 13.9 Å². The molecule has 9 heteroatoms. The van der Waals surface area contributed by atoms with Gasteiger partial charge in [0.2, 0.25) is 0 Å². The molecular formula is C9H19N3O4S2. The van der Waals surface area contributed by atoms with E-state index >= 15 is 0 Å². The Labute approximate surface area is 108 Å². The molecule has 1 N–H and O–H groups in total. The summed E-state index contributed by atoms with van der Waals surface area (Å²) in [5, 5.41) is 3.14. The molecule has 0 saturated carbocycles. The molecule has 0 aromatic heterocycles. The first-order chi connectivity index (χ1) is 8.42. The van der Waals surface area contributed by atoms with E-state index in [0.29, 0.717) is 19.6 Å². The summed E-state index contributed by atoms with van der Waals surface area (Å²) in [4.78, 5) is 0. The highest BCUT2D eigenvalue weighted by Crippen LogP contribution is 2.14. The standard InChI is InChI=1S/C9H19N3O4S2/c13-17(14)8-6-12(7-9-17)18(15,16)11-4-1-2-10-3-5-11/h10H,1-9H2. The summed E-state index contributed by atoms with van der Waals surface area (Å²) in [7, 11) is -6.55. The Hall–Kier alpha value is -0.220. The van der Waals surface area contributed by atoms with Crippen molar-refractivity contribution < 1.29 is 16.8 Å². The number of hydrogen-bond acceptors (Lipinski definition) is 5. The quantitative estimate of drug-likeness (QED) is 0.654. The molecule has 0 aliphatic carbocycles. The minimum Gasteiger partial charge on any atom is -0.315 e. The third kappa shape index (κ3) is 3.21. The molecule has 7 nitrogen and oxygen atoms in total. The lowest BCUT2D eigenvalue weighted by molar-refractivity contribution is 0.354. The highest BCUT2D eigenvalue weighted by atomic mass is 32.2. The van der Waals surface area contributed by atoms with Crippen molar-refractivity contribution in [2.24, 2.45) is 0 Å². The Bertz CT molecular complexity index is 466. The van der Waals surface area contributed by atoms with E-state index in [1.807, 2.05) is 0 Å². The molecule has 0 atom stereocenters. The van der Waals surface area contributed by atoms with Crippen LogP contribution in [-0.4, -0.2) is 76.2 Å². The lowest BCUT2D eigenvalue weighted by Crippen LogP contribution is -2.50. The highest BCUT2D eigenvalue weighted by molar-refractivity contribution is 7.91. The topological polar surface area (TPSA) is 86.8 Å². The van der Waals surface area contributed by atoms with E-state index < -0.39 is 20.0 Å². The zero-order valence-electron chi connectivity index (χ0n) is 10.2. The van der Waals surface area contributed by atoms with Gasteiger partial charge < -0.3 is 5.32 Å². The van der Waals surface area contributed by atoms with Gasteiger partial charge in [-0.25, -0.2) is 8.42 Å². The fourth-order valence-corrected chi connectivity index (χ4v) is 5.23. The Morgan fingerprint density at radius 3 is 2.17 bits per heavy atom. The average molecular weight is 297 g/mol. The number of nitrogens with zero attached hydrogens (tertiary/aromatic N) is 2. The van der Waals surface area contributed by atoms with Crippen LogP contribution in [0.15, 0.2) is 0 Å². The molecule has 2 aliphatic rings. The van der Waals surface area contributed by atoms with Crippen LogP contribution in [-0.2, 0) is 20.0 Å². The van der Waals surface area contributed by atoms with Gasteiger partial charge in [-0.2, -0.15) is 17.0 Å². The van der Waals surface area contributed by atoms with Crippen LogP contribution in [0.3, 0.4) is 0 Å². The van der Waals surface area contributed by atoms with Crippen molar-refractivity contribution in [3.8, 4) is 0 Å². The zero-order chi connectivity index (χ0) is 13.2. The van der Waals surface area contributed by atoms with E-state index in [2.05, 4.69) is 5.32 Å². The smallest absolute Gasteiger partial charge is 0.282 e. The van der Waals surface area contributed by atoms with Crippen molar-refractivity contribution in [2.45, 2.75) is 6.42 Å². The summed E-state index contributed by atoms with van der Waals surface area (Å²) in [5.74, 6) is -0.142. The predicted octanol–water partition coefficient (Wildman–Crippen LogP) is -1.74. The summed E-state index contributed by atoms with van der Waals surface area (Å²) in [5.41, 5.74) is 0. The molecule has 2 rings (SSSR count). The van der Waals surface area contributed by atoms with Gasteiger partial charge in [-0.15, -0.1) is 0 Å². The first kappa shape index (κ1) is 14.2. The van der Waals surface area contributed by atoms with Crippen LogP contribution >= 0.6 is 0 Å². The van der Waals surface area contributed by atoms with Crippen LogP contribution in [0.2, 0.25) is 0 Å². The summed E-state index contributed by atoms with van der Waals surface area (Å²) in [6, 6.07) is 0. The summed E-state index contributed by atoms with van der Waals surface area (Å²) < 4.78 is 50.0. The molecule has 0 aromatic carbocycles. The van der Waals surface area contributed by atoms with E-state index in [-0.39, 0.29) is 24.6 Å². The first-order valence-electron chi connectivity index (χ1n) is 6.08. The van der Waals surface area contributed by atoms with Crippen LogP contribution in [0.25, 0.3) is 0 Å². The second kappa shape index (κ2) is 5.41. The number of nitrogens with one attached hydrogen (secondary N) is 1. The van der Waals surface area contributed by atoms with E-state index in [4.69, 9.17) is 0 Å². The normalized spacial score (nSPS) is 27.8. The van der Waals surface area contributed by atoms with Gasteiger partial charge in [-0.05, 0) is 13.0 Å². The number of hydrogen-bond donors (Lipinski definition) is 1. The van der Waals surface area contributed by atoms with Crippen LogP contribution in [0, 0.1) is 0 Å².